The van der Waals surface area contributed by atoms with Gasteiger partial charge in [0.05, 0.1) is 49.2 Å². The number of rotatable bonds is 11. The predicted molar refractivity (Wildman–Crippen MR) is 140 cm³/mol. The predicted octanol–water partition coefficient (Wildman–Crippen LogP) is 2.54. The highest BCUT2D eigenvalue weighted by atomic mass is 32.2. The molecule has 6 atom stereocenters. The fourth-order valence-electron chi connectivity index (χ4n) is 4.74. The average molecular weight is 549 g/mol. The summed E-state index contributed by atoms with van der Waals surface area (Å²) in [5, 5.41) is 33.7. The van der Waals surface area contributed by atoms with E-state index in [-0.39, 0.29) is 47.7 Å². The molecule has 2 aliphatic heterocycles. The Hall–Kier alpha value is -2.54. The molecule has 10 nitrogen and oxygen atoms in total. The normalized spacial score (nSPS) is 23.3. The van der Waals surface area contributed by atoms with Crippen LogP contribution in [-0.2, 0) is 32.0 Å². The molecule has 2 saturated heterocycles. The van der Waals surface area contributed by atoms with Crippen LogP contribution in [-0.4, -0.2) is 81.1 Å². The molecular formula is C27H36N2O8S. The fourth-order valence-corrected chi connectivity index (χ4v) is 6.15. The number of alkyl carbamates (subject to hydrolysis) is 1. The summed E-state index contributed by atoms with van der Waals surface area (Å²) in [6.45, 7) is 5.12. The lowest BCUT2D eigenvalue weighted by Crippen LogP contribution is -2.51. The van der Waals surface area contributed by atoms with Crippen LogP contribution in [0, 0.1) is 11.8 Å². The van der Waals surface area contributed by atoms with E-state index in [1.807, 2.05) is 44.2 Å². The number of aliphatic hydroxyl groups excluding tert-OH is 1. The lowest BCUT2D eigenvalue weighted by atomic mass is 10.0. The maximum Gasteiger partial charge on any atom is 0.407 e. The van der Waals surface area contributed by atoms with Gasteiger partial charge < -0.3 is 39.4 Å². The average Bonchev–Trinajstić information content (AvgIpc) is 3.50. The highest BCUT2D eigenvalue weighted by Crippen LogP contribution is 2.33. The molecular weight excluding hydrogens is 512 g/mol. The Labute approximate surface area is 225 Å². The maximum atomic E-state index is 13.4. The van der Waals surface area contributed by atoms with Crippen molar-refractivity contribution >= 4 is 17.5 Å². The van der Waals surface area contributed by atoms with Crippen molar-refractivity contribution in [1.29, 1.82) is 0 Å². The van der Waals surface area contributed by atoms with Crippen LogP contribution in [0.2, 0.25) is 0 Å². The highest BCUT2D eigenvalue weighted by Gasteiger charge is 2.44. The lowest BCUT2D eigenvalue weighted by molar-refractivity contribution is -0.0907. The van der Waals surface area contributed by atoms with Gasteiger partial charge in [0.2, 0.25) is 0 Å². The third kappa shape index (κ3) is 7.31. The molecule has 0 aromatic heterocycles. The Morgan fingerprint density at radius 1 is 1.16 bits per heavy atom. The van der Waals surface area contributed by atoms with Crippen LogP contribution >= 0.6 is 0 Å². The Kier molecular flexibility index (Phi) is 9.74. The molecule has 0 radical (unpaired) electrons. The van der Waals surface area contributed by atoms with Crippen molar-refractivity contribution in [3.63, 3.8) is 0 Å². The van der Waals surface area contributed by atoms with Crippen LogP contribution in [0.4, 0.5) is 4.79 Å². The van der Waals surface area contributed by atoms with Crippen molar-refractivity contribution < 1.29 is 38.9 Å². The smallest absolute Gasteiger partial charge is 0.407 e. The summed E-state index contributed by atoms with van der Waals surface area (Å²) in [6.07, 6.45) is -1.46. The summed E-state index contributed by atoms with van der Waals surface area (Å²) in [5.74, 6) is -0.580. The zero-order valence-corrected chi connectivity index (χ0v) is 22.4. The number of amides is 1. The van der Waals surface area contributed by atoms with Crippen LogP contribution in [0.15, 0.2) is 53.4 Å². The summed E-state index contributed by atoms with van der Waals surface area (Å²) in [5.41, 5.74) is 0.908. The molecule has 0 saturated carbocycles. The Morgan fingerprint density at radius 2 is 1.92 bits per heavy atom. The molecule has 2 aliphatic rings. The summed E-state index contributed by atoms with van der Waals surface area (Å²) in [7, 11) is 0. The molecule has 2 heterocycles. The second kappa shape index (κ2) is 13.0. The van der Waals surface area contributed by atoms with E-state index in [1.165, 1.54) is 18.2 Å². The quantitative estimate of drug-likeness (QED) is 0.246. The number of fused-ring (bicyclic) bond motifs is 1. The first-order valence-electron chi connectivity index (χ1n) is 12.8. The van der Waals surface area contributed by atoms with Gasteiger partial charge in [0.1, 0.15) is 6.10 Å². The maximum absolute atomic E-state index is 13.4. The van der Waals surface area contributed by atoms with E-state index >= 15 is 0 Å². The number of nitrogens with zero attached hydrogens (tertiary/aromatic N) is 1. The Morgan fingerprint density at radius 3 is 2.63 bits per heavy atom. The van der Waals surface area contributed by atoms with Crippen LogP contribution in [0.1, 0.15) is 25.8 Å². The van der Waals surface area contributed by atoms with Gasteiger partial charge in [-0.05, 0) is 36.5 Å². The van der Waals surface area contributed by atoms with Gasteiger partial charge >= 0.3 is 6.09 Å². The summed E-state index contributed by atoms with van der Waals surface area (Å²) in [6, 6.07) is 12.7. The number of benzene rings is 2. The number of hydrogen-bond donors (Lipinski definition) is 4. The van der Waals surface area contributed by atoms with Crippen molar-refractivity contribution in [2.45, 2.75) is 56.1 Å². The van der Waals surface area contributed by atoms with Crippen molar-refractivity contribution in [2.24, 2.45) is 11.8 Å². The zero-order chi connectivity index (χ0) is 27.2. The second-order valence-corrected chi connectivity index (χ2v) is 11.6. The number of carbonyl (C=O) groups is 1. The third-order valence-corrected chi connectivity index (χ3v) is 8.08. The Balaban J connectivity index is 1.47. The minimum atomic E-state index is -1.74. The fraction of sp³-hybridized carbons (Fsp3) is 0.519. The first kappa shape index (κ1) is 28.5. The van der Waals surface area contributed by atoms with E-state index in [4.69, 9.17) is 14.2 Å². The monoisotopic (exact) mass is 548 g/mol. The number of aliphatic hydroxyl groups is 1. The number of ether oxygens (including phenoxy) is 3. The molecule has 208 valence electrons. The number of carbonyl (C=O) groups excluding carboxylic acids is 1. The SMILES string of the molecule is CC(C)CN(C[C@@H](O)[C@H](Cc1ccccc1)NC(=O)O[C@H]1CO[C@H]2OCC[C@H]21)[S+]([O-])c1ccc(O)c(O)c1. The topological polar surface area (TPSA) is 144 Å². The molecule has 0 bridgehead atoms. The van der Waals surface area contributed by atoms with E-state index in [1.54, 1.807) is 4.31 Å². The lowest BCUT2D eigenvalue weighted by Gasteiger charge is -2.31. The van der Waals surface area contributed by atoms with Crippen LogP contribution in [0.3, 0.4) is 0 Å². The summed E-state index contributed by atoms with van der Waals surface area (Å²) in [4.78, 5) is 13.2. The van der Waals surface area contributed by atoms with E-state index in [9.17, 15) is 24.7 Å². The van der Waals surface area contributed by atoms with E-state index in [2.05, 4.69) is 5.32 Å². The van der Waals surface area contributed by atoms with Crippen LogP contribution in [0.5, 0.6) is 11.5 Å². The van der Waals surface area contributed by atoms with Crippen molar-refractivity contribution in [2.75, 3.05) is 26.3 Å². The molecule has 2 aromatic carbocycles. The molecule has 4 N–H and O–H groups in total. The van der Waals surface area contributed by atoms with Crippen LogP contribution in [0.25, 0.3) is 0 Å². The van der Waals surface area contributed by atoms with Gasteiger partial charge in [0.25, 0.3) is 0 Å². The molecule has 0 spiro atoms. The molecule has 0 aliphatic carbocycles. The number of hydrogen-bond acceptors (Lipinski definition) is 9. The third-order valence-electron chi connectivity index (χ3n) is 6.65. The van der Waals surface area contributed by atoms with E-state index in [0.717, 1.165) is 12.0 Å². The van der Waals surface area contributed by atoms with Gasteiger partial charge in [-0.3, -0.25) is 0 Å². The minimum absolute atomic E-state index is 0.0103. The van der Waals surface area contributed by atoms with Gasteiger partial charge in [-0.1, -0.05) is 44.2 Å². The van der Waals surface area contributed by atoms with Crippen LogP contribution < -0.4 is 5.32 Å². The van der Waals surface area contributed by atoms with Crippen molar-refractivity contribution in [3.8, 4) is 11.5 Å². The minimum Gasteiger partial charge on any atom is -0.593 e. The van der Waals surface area contributed by atoms with Gasteiger partial charge in [0, 0.05) is 12.6 Å². The summed E-state index contributed by atoms with van der Waals surface area (Å²) >= 11 is -1.74. The molecule has 38 heavy (non-hydrogen) atoms. The first-order chi connectivity index (χ1) is 18.2. The molecule has 2 aromatic rings. The van der Waals surface area contributed by atoms with Crippen molar-refractivity contribution in [3.05, 3.63) is 54.1 Å². The van der Waals surface area contributed by atoms with E-state index < -0.39 is 35.7 Å². The molecule has 2 fully saturated rings. The second-order valence-electron chi connectivity index (χ2n) is 10.1. The van der Waals surface area contributed by atoms with Gasteiger partial charge in [-0.15, -0.1) is 4.31 Å². The molecule has 4 rings (SSSR count). The first-order valence-corrected chi connectivity index (χ1v) is 13.9. The van der Waals surface area contributed by atoms with Gasteiger partial charge in [-0.2, -0.15) is 0 Å². The standard InChI is InChI=1S/C27H36N2O8S/c1-17(2)14-29(38(34)19-8-9-22(30)23(31)13-19)15-24(32)21(12-18-6-4-3-5-7-18)28-27(33)37-25-16-36-26-20(25)10-11-35-26/h3-9,13,17,20-21,24-26,30-32H,10-12,14-16H2,1-2H3,(H,28,33)/t20-,21-,24+,25-,26+,38?/m0/s1. The van der Waals surface area contributed by atoms with Gasteiger partial charge in [-0.25, -0.2) is 4.79 Å². The van der Waals surface area contributed by atoms with E-state index in [0.29, 0.717) is 19.6 Å². The largest absolute Gasteiger partial charge is 0.593 e. The number of phenols is 2. The van der Waals surface area contributed by atoms with Gasteiger partial charge in [0.15, 0.2) is 22.7 Å². The number of nitrogens with one attached hydrogen (secondary N) is 1. The number of aromatic hydroxyl groups is 2. The Bertz CT molecular complexity index is 1060. The zero-order valence-electron chi connectivity index (χ0n) is 21.6. The molecule has 11 heteroatoms. The molecule has 1 amide bonds. The highest BCUT2D eigenvalue weighted by molar-refractivity contribution is 7.89. The summed E-state index contributed by atoms with van der Waals surface area (Å²) < 4.78 is 31.7. The van der Waals surface area contributed by atoms with Crippen molar-refractivity contribution in [1.82, 2.24) is 9.62 Å². The number of phenolic OH excluding ortho intramolecular Hbond substituents is 2. The molecule has 1 unspecified atom stereocenters.